The molecule has 2 aromatic carbocycles. The number of hydrogen-bond acceptors (Lipinski definition) is 16. The van der Waals surface area contributed by atoms with Gasteiger partial charge in [-0.3, -0.25) is 52.8 Å². The van der Waals surface area contributed by atoms with Crippen molar-refractivity contribution in [1.29, 1.82) is 0 Å². The fourth-order valence-electron chi connectivity index (χ4n) is 10.9. The summed E-state index contributed by atoms with van der Waals surface area (Å²) in [6.45, 7) is 3.78. The largest absolute Gasteiger partial charge is 0.458 e. The molecule has 3 aliphatic heterocycles. The van der Waals surface area contributed by atoms with Crippen LogP contribution in [0.2, 0.25) is 0 Å². The van der Waals surface area contributed by atoms with E-state index in [1.807, 2.05) is 0 Å². The molecule has 4 aliphatic rings. The average Bonchev–Trinajstić information content (AvgIpc) is 4.19. The number of benzene rings is 2. The Morgan fingerprint density at radius 3 is 2.23 bits per heavy atom. The molecule has 442 valence electrons. The first kappa shape index (κ1) is 61.0. The maximum absolute atomic E-state index is 15.4. The van der Waals surface area contributed by atoms with Gasteiger partial charge in [-0.1, -0.05) is 37.3 Å². The van der Waals surface area contributed by atoms with Crippen LogP contribution < -0.4 is 32.1 Å². The van der Waals surface area contributed by atoms with Crippen LogP contribution >= 0.6 is 0 Å². The van der Waals surface area contributed by atoms with Crippen LogP contribution in [0.15, 0.2) is 47.3 Å². The first-order chi connectivity index (χ1) is 39.9. The van der Waals surface area contributed by atoms with Crippen molar-refractivity contribution in [2.45, 2.75) is 135 Å². The van der Waals surface area contributed by atoms with Crippen LogP contribution in [0.4, 0.5) is 4.39 Å². The second-order valence-electron chi connectivity index (χ2n) is 21.0. The van der Waals surface area contributed by atoms with Gasteiger partial charge in [0.1, 0.15) is 12.4 Å². The molecule has 23 nitrogen and oxygen atoms in total. The molecule has 0 spiro atoms. The van der Waals surface area contributed by atoms with Gasteiger partial charge in [0, 0.05) is 100 Å². The van der Waals surface area contributed by atoms with Gasteiger partial charge in [0.15, 0.2) is 17.2 Å². The number of halogens is 1. The lowest BCUT2D eigenvalue weighted by Crippen LogP contribution is -2.44. The van der Waals surface area contributed by atoms with Crippen LogP contribution in [0.3, 0.4) is 0 Å². The number of cyclic esters (lactones) is 1. The summed E-state index contributed by atoms with van der Waals surface area (Å²) < 4.78 is 32.9. The van der Waals surface area contributed by atoms with Crippen LogP contribution in [-0.2, 0) is 93.8 Å². The number of nitrogens with one attached hydrogen (secondary N) is 5. The molecule has 4 aromatic rings. The number of pyridine rings is 2. The Morgan fingerprint density at radius 2 is 1.48 bits per heavy atom. The minimum atomic E-state index is -2.04. The summed E-state index contributed by atoms with van der Waals surface area (Å²) in [6.07, 6.45) is 0.695. The monoisotopic (exact) mass is 1150 g/mol. The highest BCUT2D eigenvalue weighted by Gasteiger charge is 2.46. The van der Waals surface area contributed by atoms with E-state index < -0.39 is 64.3 Å². The summed E-state index contributed by atoms with van der Waals surface area (Å²) in [4.78, 5) is 146. The van der Waals surface area contributed by atoms with Crippen molar-refractivity contribution in [3.8, 4) is 11.4 Å². The van der Waals surface area contributed by atoms with Crippen LogP contribution in [0.25, 0.3) is 22.3 Å². The maximum atomic E-state index is 15.4. The summed E-state index contributed by atoms with van der Waals surface area (Å²) in [7, 11) is 0. The zero-order valence-electron chi connectivity index (χ0n) is 46.5. The number of nitrogens with zero attached hydrogens (tertiary/aromatic N) is 3. The molecule has 6 N–H and O–H groups in total. The number of fused-ring (bicyclic) bond motifs is 5. The van der Waals surface area contributed by atoms with E-state index in [1.54, 1.807) is 50.2 Å². The molecule has 0 radical (unpaired) electrons. The third kappa shape index (κ3) is 14.8. The standard InChI is InChI=1S/C59H69FN8O15/c1-3-59(80)40-29-45-56-38(32-68(45)57(78)39(40)33-83-58(59)79)55-42(13-12-37-34(2)41(60)30-44(66-56)54(37)55)64-50(74)10-7-21-61-47(71)16-14-46(70)43(28-35-8-5-4-6-9-35)65-51(75)15-11-36(69)31-63-49(73)20-24-81-26-27-82-25-22-62-48(72)19-23-67-52(76)17-18-53(67)77/h4-6,8-9,29-30,42-43,80H,3,7,10-28,31-33H2,1-2H3,(H,61,71)(H,62,72)(H,63,73)(H,64,74)(H,65,75)/t42-,43-,59-/m0/s1. The van der Waals surface area contributed by atoms with E-state index in [9.17, 15) is 57.8 Å². The predicted molar refractivity (Wildman–Crippen MR) is 294 cm³/mol. The van der Waals surface area contributed by atoms with Crippen molar-refractivity contribution >= 4 is 69.8 Å². The Morgan fingerprint density at radius 1 is 0.783 bits per heavy atom. The summed E-state index contributed by atoms with van der Waals surface area (Å²) in [5.41, 5.74) is 2.24. The Kier molecular flexibility index (Phi) is 20.4. The molecule has 3 atom stereocenters. The highest BCUT2D eigenvalue weighted by Crippen LogP contribution is 2.46. The highest BCUT2D eigenvalue weighted by atomic mass is 19.1. The topological polar surface area (TPSA) is 317 Å². The lowest BCUT2D eigenvalue weighted by atomic mass is 9.81. The number of imide groups is 1. The van der Waals surface area contributed by atoms with Crippen LogP contribution in [0.5, 0.6) is 0 Å². The van der Waals surface area contributed by atoms with Crippen LogP contribution in [0.1, 0.15) is 129 Å². The average molecular weight is 1150 g/mol. The van der Waals surface area contributed by atoms with Crippen LogP contribution in [-0.4, -0.2) is 137 Å². The second kappa shape index (κ2) is 27.8. The first-order valence-corrected chi connectivity index (χ1v) is 28.1. The van der Waals surface area contributed by atoms with Crippen molar-refractivity contribution in [1.82, 2.24) is 41.0 Å². The molecule has 2 aromatic heterocycles. The minimum Gasteiger partial charge on any atom is -0.458 e. The number of aromatic nitrogens is 2. The normalized spacial score (nSPS) is 17.0. The Bertz CT molecular complexity index is 3260. The van der Waals surface area contributed by atoms with E-state index in [2.05, 4.69) is 26.6 Å². The predicted octanol–water partition coefficient (Wildman–Crippen LogP) is 2.15. The number of Topliss-reactive ketones (excluding diaryl/α,β-unsaturated/α-hetero) is 2. The van der Waals surface area contributed by atoms with Crippen molar-refractivity contribution < 1.29 is 71.7 Å². The number of carbonyl (C=O) groups is 10. The van der Waals surface area contributed by atoms with E-state index in [4.69, 9.17) is 19.2 Å². The van der Waals surface area contributed by atoms with Gasteiger partial charge in [-0.05, 0) is 67.3 Å². The van der Waals surface area contributed by atoms with E-state index >= 15 is 4.39 Å². The van der Waals surface area contributed by atoms with E-state index in [0.717, 1.165) is 16.0 Å². The molecular weight excluding hydrogens is 1080 g/mol. The molecule has 83 heavy (non-hydrogen) atoms. The number of carbonyl (C=O) groups excluding carboxylic acids is 10. The lowest BCUT2D eigenvalue weighted by molar-refractivity contribution is -0.172. The third-order valence-corrected chi connectivity index (χ3v) is 15.5. The Labute approximate surface area is 477 Å². The number of amides is 7. The highest BCUT2D eigenvalue weighted by molar-refractivity contribution is 6.02. The van der Waals surface area contributed by atoms with E-state index in [1.165, 1.54) is 10.6 Å². The zero-order valence-corrected chi connectivity index (χ0v) is 46.5. The molecule has 0 saturated carbocycles. The molecule has 8 rings (SSSR count). The summed E-state index contributed by atoms with van der Waals surface area (Å²) in [6, 6.07) is 10.3. The number of esters is 1. The third-order valence-electron chi connectivity index (χ3n) is 15.5. The summed E-state index contributed by atoms with van der Waals surface area (Å²) in [5, 5.41) is 25.8. The minimum absolute atomic E-state index is 0.00387. The quantitative estimate of drug-likeness (QED) is 0.0218. The van der Waals surface area contributed by atoms with Crippen molar-refractivity contribution in [3.05, 3.63) is 97.6 Å². The number of likely N-dealkylation sites (tertiary alicyclic amines) is 1. The molecule has 1 fully saturated rings. The molecule has 5 heterocycles. The van der Waals surface area contributed by atoms with Gasteiger partial charge in [0.2, 0.25) is 41.4 Å². The maximum Gasteiger partial charge on any atom is 0.343 e. The fourth-order valence-corrected chi connectivity index (χ4v) is 10.9. The SMILES string of the molecule is CC[C@@]1(O)C(=O)OCc2c1cc1n(c2=O)Cc2c-1nc1cc(F)c(C)c3c1c2[C@@H](NC(=O)CCCNC(=O)CCC(=O)[C@H](Cc1ccccc1)NC(=O)CCC(=O)CNC(=O)CCOCCOCCNC(=O)CCN1C(=O)CCC1=O)CC3. The number of aryl methyl sites for hydroxylation is 1. The molecule has 7 amide bonds. The summed E-state index contributed by atoms with van der Waals surface area (Å²) in [5.74, 6) is -4.75. The summed E-state index contributed by atoms with van der Waals surface area (Å²) >= 11 is 0. The van der Waals surface area contributed by atoms with Crippen molar-refractivity contribution in [2.75, 3.05) is 52.6 Å². The fraction of sp³-hybridized carbons (Fsp3) is 0.492. The van der Waals surface area contributed by atoms with Gasteiger partial charge in [0.25, 0.3) is 5.56 Å². The van der Waals surface area contributed by atoms with Gasteiger partial charge in [-0.2, -0.15) is 0 Å². The van der Waals surface area contributed by atoms with Gasteiger partial charge in [-0.15, -0.1) is 0 Å². The van der Waals surface area contributed by atoms with Crippen molar-refractivity contribution in [3.63, 3.8) is 0 Å². The smallest absolute Gasteiger partial charge is 0.343 e. The van der Waals surface area contributed by atoms with Crippen LogP contribution in [0, 0.1) is 12.7 Å². The molecule has 0 unspecified atom stereocenters. The van der Waals surface area contributed by atoms with Gasteiger partial charge < -0.3 is 50.5 Å². The van der Waals surface area contributed by atoms with E-state index in [-0.39, 0.29) is 178 Å². The molecular formula is C59H69FN8O15. The molecule has 1 saturated heterocycles. The number of ketones is 2. The second-order valence-corrected chi connectivity index (χ2v) is 21.0. The number of hydrogen-bond donors (Lipinski definition) is 6. The molecule has 24 heteroatoms. The lowest BCUT2D eigenvalue weighted by Gasteiger charge is -2.31. The number of ether oxygens (including phenoxy) is 3. The molecule has 1 aliphatic carbocycles. The number of aliphatic hydroxyl groups is 1. The Balaban J connectivity index is 0.740. The number of rotatable bonds is 30. The van der Waals surface area contributed by atoms with Gasteiger partial charge >= 0.3 is 5.97 Å². The van der Waals surface area contributed by atoms with Gasteiger partial charge in [0.05, 0.1) is 74.1 Å². The van der Waals surface area contributed by atoms with Crippen molar-refractivity contribution in [2.24, 2.45) is 0 Å². The zero-order chi connectivity index (χ0) is 59.4. The Hall–Kier alpha value is -8.09. The van der Waals surface area contributed by atoms with E-state index in [0.29, 0.717) is 51.8 Å². The first-order valence-electron chi connectivity index (χ1n) is 28.1. The van der Waals surface area contributed by atoms with Gasteiger partial charge in [-0.25, -0.2) is 14.2 Å². The molecule has 0 bridgehead atoms.